The van der Waals surface area contributed by atoms with Gasteiger partial charge < -0.3 is 25.4 Å². The molecule has 0 saturated heterocycles. The van der Waals surface area contributed by atoms with E-state index in [1.807, 2.05) is 31.2 Å². The molecule has 0 unspecified atom stereocenters. The number of aryl methyl sites for hydroxylation is 1. The molecular formula is C22H27N5O3. The summed E-state index contributed by atoms with van der Waals surface area (Å²) in [4.78, 5) is 22.1. The minimum absolute atomic E-state index is 0.110. The van der Waals surface area contributed by atoms with Crippen molar-refractivity contribution in [3.05, 3.63) is 52.6 Å². The van der Waals surface area contributed by atoms with Crippen LogP contribution in [0, 0.1) is 6.92 Å². The van der Waals surface area contributed by atoms with Crippen molar-refractivity contribution in [3.8, 4) is 0 Å². The molecular weight excluding hydrogens is 382 g/mol. The zero-order valence-corrected chi connectivity index (χ0v) is 17.0. The van der Waals surface area contributed by atoms with Gasteiger partial charge in [0.25, 0.3) is 5.56 Å². The quantitative estimate of drug-likeness (QED) is 0.495. The predicted molar refractivity (Wildman–Crippen MR) is 117 cm³/mol. The zero-order chi connectivity index (χ0) is 21.1. The lowest BCUT2D eigenvalue weighted by Gasteiger charge is -2.27. The molecule has 0 radical (unpaired) electrons. The summed E-state index contributed by atoms with van der Waals surface area (Å²) in [6, 6.07) is 7.69. The van der Waals surface area contributed by atoms with Crippen molar-refractivity contribution >= 4 is 28.2 Å². The Morgan fingerprint density at radius 3 is 2.70 bits per heavy atom. The number of nitrogens with one attached hydrogen (secondary N) is 2. The van der Waals surface area contributed by atoms with E-state index in [0.29, 0.717) is 22.8 Å². The fraction of sp³-hybridized carbons (Fsp3) is 0.409. The second-order valence-electron chi connectivity index (χ2n) is 7.85. The highest BCUT2D eigenvalue weighted by molar-refractivity contribution is 5.93. The van der Waals surface area contributed by atoms with E-state index >= 15 is 0 Å². The van der Waals surface area contributed by atoms with E-state index in [1.54, 1.807) is 12.4 Å². The first-order chi connectivity index (χ1) is 14.5. The van der Waals surface area contributed by atoms with Crippen molar-refractivity contribution in [2.75, 3.05) is 17.2 Å². The van der Waals surface area contributed by atoms with E-state index in [1.165, 1.54) is 4.57 Å². The summed E-state index contributed by atoms with van der Waals surface area (Å²) in [5.74, 6) is 1.79. The third kappa shape index (κ3) is 4.44. The van der Waals surface area contributed by atoms with E-state index in [4.69, 9.17) is 4.98 Å². The number of hydrogen-bond acceptors (Lipinski definition) is 7. The van der Waals surface area contributed by atoms with Gasteiger partial charge in [0.05, 0.1) is 18.1 Å². The number of anilines is 3. The van der Waals surface area contributed by atoms with Gasteiger partial charge in [-0.2, -0.15) is 0 Å². The smallest absolute Gasteiger partial charge is 0.262 e. The Labute approximate surface area is 174 Å². The minimum Gasteiger partial charge on any atom is -0.395 e. The molecule has 1 saturated carbocycles. The first kappa shape index (κ1) is 20.3. The third-order valence-electron chi connectivity index (χ3n) is 5.51. The fourth-order valence-electron chi connectivity index (χ4n) is 3.90. The number of rotatable bonds is 6. The summed E-state index contributed by atoms with van der Waals surface area (Å²) >= 11 is 0. The molecule has 8 nitrogen and oxygen atoms in total. The van der Waals surface area contributed by atoms with E-state index in [9.17, 15) is 15.0 Å². The molecule has 0 amide bonds. The molecule has 1 aliphatic rings. The second kappa shape index (κ2) is 8.81. The predicted octanol–water partition coefficient (Wildman–Crippen LogP) is 2.55. The van der Waals surface area contributed by atoms with Gasteiger partial charge >= 0.3 is 0 Å². The third-order valence-corrected chi connectivity index (χ3v) is 5.51. The first-order valence-corrected chi connectivity index (χ1v) is 10.3. The van der Waals surface area contributed by atoms with Gasteiger partial charge in [-0.15, -0.1) is 0 Å². The SMILES string of the molecule is Cc1ccnc(Nc2cc3ccn(CCO)c(=O)c3c(N[C@H]3CC[C@@H](O)CC3)n2)c1. The van der Waals surface area contributed by atoms with Crippen LogP contribution in [0.3, 0.4) is 0 Å². The van der Waals surface area contributed by atoms with Gasteiger partial charge in [0, 0.05) is 25.0 Å². The average Bonchev–Trinajstić information content (AvgIpc) is 2.72. The Morgan fingerprint density at radius 1 is 1.17 bits per heavy atom. The molecule has 3 heterocycles. The van der Waals surface area contributed by atoms with E-state index in [0.717, 1.165) is 36.6 Å². The minimum atomic E-state index is -0.255. The van der Waals surface area contributed by atoms with Crippen molar-refractivity contribution in [3.63, 3.8) is 0 Å². The van der Waals surface area contributed by atoms with Crippen LogP contribution in [-0.2, 0) is 6.54 Å². The van der Waals surface area contributed by atoms with Crippen molar-refractivity contribution in [1.29, 1.82) is 0 Å². The lowest BCUT2D eigenvalue weighted by Crippen LogP contribution is -2.30. The standard InChI is InChI=1S/C22H27N5O3/c1-14-6-8-23-18(12-14)25-19-13-15-7-9-27(10-11-28)22(30)20(15)21(26-19)24-16-2-4-17(29)5-3-16/h6-9,12-13,16-17,28-29H,2-5,10-11H2,1H3,(H2,23,24,25,26)/t16-,17+. The van der Waals surface area contributed by atoms with Gasteiger partial charge in [-0.3, -0.25) is 4.79 Å². The summed E-state index contributed by atoms with van der Waals surface area (Å²) in [6.45, 7) is 2.12. The van der Waals surface area contributed by atoms with Gasteiger partial charge in [-0.05, 0) is 67.8 Å². The molecule has 0 atom stereocenters. The highest BCUT2D eigenvalue weighted by atomic mass is 16.3. The Bertz CT molecular complexity index is 1090. The van der Waals surface area contributed by atoms with Crippen molar-refractivity contribution in [1.82, 2.24) is 14.5 Å². The van der Waals surface area contributed by atoms with Gasteiger partial charge in [0.1, 0.15) is 17.5 Å². The number of aromatic nitrogens is 3. The van der Waals surface area contributed by atoms with Crippen LogP contribution in [0.5, 0.6) is 0 Å². The summed E-state index contributed by atoms with van der Waals surface area (Å²) in [6.07, 6.45) is 6.27. The van der Waals surface area contributed by atoms with Gasteiger partial charge in [0.2, 0.25) is 0 Å². The maximum atomic E-state index is 13.0. The molecule has 1 aliphatic carbocycles. The summed E-state index contributed by atoms with van der Waals surface area (Å²) < 4.78 is 1.50. The monoisotopic (exact) mass is 409 g/mol. The molecule has 0 bridgehead atoms. The van der Waals surface area contributed by atoms with E-state index in [-0.39, 0.29) is 30.9 Å². The highest BCUT2D eigenvalue weighted by Gasteiger charge is 2.21. The van der Waals surface area contributed by atoms with Crippen LogP contribution in [0.2, 0.25) is 0 Å². The highest BCUT2D eigenvalue weighted by Crippen LogP contribution is 2.27. The normalized spacial score (nSPS) is 19.0. The van der Waals surface area contributed by atoms with Gasteiger partial charge in [-0.1, -0.05) is 0 Å². The molecule has 8 heteroatoms. The fourth-order valence-corrected chi connectivity index (χ4v) is 3.90. The molecule has 4 N–H and O–H groups in total. The average molecular weight is 409 g/mol. The largest absolute Gasteiger partial charge is 0.395 e. The maximum absolute atomic E-state index is 13.0. The van der Waals surface area contributed by atoms with Crippen LogP contribution >= 0.6 is 0 Å². The molecule has 0 aliphatic heterocycles. The Kier molecular flexibility index (Phi) is 5.96. The van der Waals surface area contributed by atoms with Crippen LogP contribution in [0.25, 0.3) is 10.8 Å². The number of hydrogen-bond donors (Lipinski definition) is 4. The number of pyridine rings is 3. The molecule has 30 heavy (non-hydrogen) atoms. The topological polar surface area (TPSA) is 112 Å². The Balaban J connectivity index is 1.75. The molecule has 3 aromatic heterocycles. The van der Waals surface area contributed by atoms with Crippen molar-refractivity contribution in [2.24, 2.45) is 0 Å². The summed E-state index contributed by atoms with van der Waals surface area (Å²) in [5.41, 5.74) is 0.895. The lowest BCUT2D eigenvalue weighted by atomic mass is 9.93. The van der Waals surface area contributed by atoms with Crippen molar-refractivity contribution in [2.45, 2.75) is 51.3 Å². The summed E-state index contributed by atoms with van der Waals surface area (Å²) in [5, 5.41) is 27.0. The van der Waals surface area contributed by atoms with E-state index in [2.05, 4.69) is 15.6 Å². The van der Waals surface area contributed by atoms with E-state index < -0.39 is 0 Å². The van der Waals surface area contributed by atoms with Crippen LogP contribution in [-0.4, -0.2) is 43.5 Å². The molecule has 0 aromatic carbocycles. The molecule has 1 fully saturated rings. The van der Waals surface area contributed by atoms with Crippen LogP contribution in [0.15, 0.2) is 41.5 Å². The number of aliphatic hydroxyl groups excluding tert-OH is 2. The molecule has 0 spiro atoms. The van der Waals surface area contributed by atoms with Crippen molar-refractivity contribution < 1.29 is 10.2 Å². The van der Waals surface area contributed by atoms with Gasteiger partial charge in [-0.25, -0.2) is 9.97 Å². The second-order valence-corrected chi connectivity index (χ2v) is 7.85. The first-order valence-electron chi connectivity index (χ1n) is 10.3. The number of aliphatic hydroxyl groups is 2. The maximum Gasteiger partial charge on any atom is 0.262 e. The Hall–Kier alpha value is -2.97. The van der Waals surface area contributed by atoms with Crippen LogP contribution < -0.4 is 16.2 Å². The number of fused-ring (bicyclic) bond motifs is 1. The van der Waals surface area contributed by atoms with Gasteiger partial charge in [0.15, 0.2) is 0 Å². The van der Waals surface area contributed by atoms with Crippen LogP contribution in [0.1, 0.15) is 31.2 Å². The van der Waals surface area contributed by atoms with Crippen LogP contribution in [0.4, 0.5) is 17.5 Å². The summed E-state index contributed by atoms with van der Waals surface area (Å²) in [7, 11) is 0. The lowest BCUT2D eigenvalue weighted by molar-refractivity contribution is 0.126. The molecule has 158 valence electrons. The molecule has 4 rings (SSSR count). The Morgan fingerprint density at radius 2 is 1.97 bits per heavy atom. The molecule has 3 aromatic rings. The number of nitrogens with zero attached hydrogens (tertiary/aromatic N) is 3. The zero-order valence-electron chi connectivity index (χ0n) is 17.0.